The van der Waals surface area contributed by atoms with Crippen LogP contribution in [0, 0.1) is 0 Å². The molecule has 0 aromatic heterocycles. The number of quaternary nitrogens is 1. The van der Waals surface area contributed by atoms with E-state index in [0.717, 1.165) is 31.2 Å². The second-order valence-corrected chi connectivity index (χ2v) is 4.81. The average molecular weight is 290 g/mol. The Labute approximate surface area is 118 Å². The second kappa shape index (κ2) is 6.95. The third kappa shape index (κ3) is 4.14. The Balaban J connectivity index is 0.00000162. The number of piperazine rings is 1. The number of nitrogens with one attached hydrogen (secondary N) is 2. The maximum atomic E-state index is 11.9. The first kappa shape index (κ1) is 15.2. The Morgan fingerprint density at radius 2 is 2.06 bits per heavy atom. The fourth-order valence-electron chi connectivity index (χ4n) is 1.88. The third-order valence-corrected chi connectivity index (χ3v) is 3.20. The minimum Gasteiger partial charge on any atom is -1.00 e. The molecule has 1 amide bonds. The molecular formula is C12H17Cl2N3O. The van der Waals surface area contributed by atoms with E-state index in [9.17, 15) is 4.79 Å². The lowest BCUT2D eigenvalue weighted by molar-refractivity contribution is -0.939. The van der Waals surface area contributed by atoms with E-state index in [1.165, 1.54) is 0 Å². The summed E-state index contributed by atoms with van der Waals surface area (Å²) in [4.78, 5) is 14.2. The lowest BCUT2D eigenvalue weighted by Gasteiger charge is -2.28. The zero-order chi connectivity index (χ0) is 12.3. The van der Waals surface area contributed by atoms with Crippen LogP contribution >= 0.6 is 11.6 Å². The highest BCUT2D eigenvalue weighted by Gasteiger charge is 2.19. The van der Waals surface area contributed by atoms with E-state index in [1.54, 1.807) is 24.3 Å². The Morgan fingerprint density at radius 3 is 2.67 bits per heavy atom. The molecule has 18 heavy (non-hydrogen) atoms. The van der Waals surface area contributed by atoms with Crippen LogP contribution in [-0.4, -0.2) is 44.0 Å². The van der Waals surface area contributed by atoms with Gasteiger partial charge >= 0.3 is 0 Å². The molecule has 1 heterocycles. The van der Waals surface area contributed by atoms with Gasteiger partial charge in [-0.1, -0.05) is 17.7 Å². The number of carbonyl (C=O) groups is 1. The van der Waals surface area contributed by atoms with Crippen LogP contribution in [0.2, 0.25) is 5.02 Å². The van der Waals surface area contributed by atoms with Gasteiger partial charge in [0.05, 0.1) is 0 Å². The first-order chi connectivity index (χ1) is 8.15. The largest absolute Gasteiger partial charge is 1.00 e. The summed E-state index contributed by atoms with van der Waals surface area (Å²) in [6.07, 6.45) is 0. The van der Waals surface area contributed by atoms with E-state index < -0.39 is 0 Å². The molecule has 2 rings (SSSR count). The van der Waals surface area contributed by atoms with Crippen LogP contribution in [0.15, 0.2) is 24.3 Å². The summed E-state index contributed by atoms with van der Waals surface area (Å²) in [6.45, 7) is 3.88. The maximum Gasteiger partial charge on any atom is 0.295 e. The minimum absolute atomic E-state index is 0. The molecule has 1 aromatic carbocycles. The lowest BCUT2D eigenvalue weighted by Crippen LogP contribution is -3.21. The maximum absolute atomic E-state index is 11.9. The van der Waals surface area contributed by atoms with Crippen molar-refractivity contribution in [2.24, 2.45) is 0 Å². The number of carbonyl (C=O) groups excluding carboxylic acids is 1. The van der Waals surface area contributed by atoms with Crippen molar-refractivity contribution in [2.45, 2.75) is 0 Å². The monoisotopic (exact) mass is 289 g/mol. The number of likely N-dealkylation sites (N-methyl/N-ethyl adjacent to an activating group) is 1. The standard InChI is InChI=1S/C12H16ClN3O.ClH/c1-15-5-7-16(8-6-15)14-12(17)10-3-2-4-11(13)9-10;/h2-4,9H,5-8H2,1H3,(H,14,17);1H. The van der Waals surface area contributed by atoms with Crippen molar-refractivity contribution in [1.29, 1.82) is 0 Å². The molecule has 0 bridgehead atoms. The van der Waals surface area contributed by atoms with Crippen LogP contribution in [0.3, 0.4) is 0 Å². The number of nitrogens with zero attached hydrogens (tertiary/aromatic N) is 1. The molecule has 100 valence electrons. The van der Waals surface area contributed by atoms with Crippen LogP contribution in [0.25, 0.3) is 0 Å². The number of amides is 1. The van der Waals surface area contributed by atoms with Gasteiger partial charge in [0.15, 0.2) is 0 Å². The highest BCUT2D eigenvalue weighted by Crippen LogP contribution is 2.09. The van der Waals surface area contributed by atoms with Crippen molar-refractivity contribution in [1.82, 2.24) is 10.3 Å². The van der Waals surface area contributed by atoms with Crippen LogP contribution in [0.5, 0.6) is 0 Å². The molecule has 0 aliphatic carbocycles. The summed E-state index contributed by atoms with van der Waals surface area (Å²) in [5.74, 6) is -0.0629. The molecule has 1 aliphatic heterocycles. The average Bonchev–Trinajstić information content (AvgIpc) is 2.32. The Morgan fingerprint density at radius 1 is 1.39 bits per heavy atom. The molecule has 4 nitrogen and oxygen atoms in total. The predicted octanol–water partition coefficient (Wildman–Crippen LogP) is -3.18. The molecule has 0 unspecified atom stereocenters. The van der Waals surface area contributed by atoms with E-state index in [4.69, 9.17) is 11.6 Å². The first-order valence-corrected chi connectivity index (χ1v) is 6.13. The molecule has 0 spiro atoms. The lowest BCUT2D eigenvalue weighted by atomic mass is 10.2. The number of hydrogen-bond donors (Lipinski definition) is 2. The number of hydrogen-bond acceptors (Lipinski definition) is 2. The summed E-state index contributed by atoms with van der Waals surface area (Å²) < 4.78 is 0. The second-order valence-electron chi connectivity index (χ2n) is 4.37. The summed E-state index contributed by atoms with van der Waals surface area (Å²) in [5, 5.41) is 1.71. The molecule has 1 fully saturated rings. The summed E-state index contributed by atoms with van der Waals surface area (Å²) in [6, 6.07) is 7.01. The van der Waals surface area contributed by atoms with Gasteiger partial charge in [-0.2, -0.15) is 5.43 Å². The predicted molar refractivity (Wildman–Crippen MR) is 67.1 cm³/mol. The topological polar surface area (TPSA) is 36.8 Å². The highest BCUT2D eigenvalue weighted by molar-refractivity contribution is 6.30. The van der Waals surface area contributed by atoms with Crippen LogP contribution in [0.1, 0.15) is 10.4 Å². The minimum atomic E-state index is -0.0629. The van der Waals surface area contributed by atoms with Gasteiger partial charge in [-0.05, 0) is 25.2 Å². The molecule has 1 aromatic rings. The van der Waals surface area contributed by atoms with Gasteiger partial charge in [-0.25, -0.2) is 5.01 Å². The fraction of sp³-hybridized carbons (Fsp3) is 0.417. The molecule has 1 aliphatic rings. The van der Waals surface area contributed by atoms with Crippen LogP contribution in [0.4, 0.5) is 0 Å². The Bertz CT molecular complexity index is 406. The van der Waals surface area contributed by atoms with E-state index in [2.05, 4.69) is 17.4 Å². The van der Waals surface area contributed by atoms with E-state index in [1.807, 2.05) is 0 Å². The summed E-state index contributed by atoms with van der Waals surface area (Å²) in [5.41, 5.74) is 3.59. The molecule has 0 saturated carbocycles. The molecule has 1 saturated heterocycles. The van der Waals surface area contributed by atoms with E-state index in [-0.39, 0.29) is 18.3 Å². The molecular weight excluding hydrogens is 273 g/mol. The zero-order valence-electron chi connectivity index (χ0n) is 10.2. The van der Waals surface area contributed by atoms with Crippen molar-refractivity contribution in [3.05, 3.63) is 34.9 Å². The van der Waals surface area contributed by atoms with Gasteiger partial charge in [0.1, 0.15) is 13.1 Å². The molecule has 6 heteroatoms. The van der Waals surface area contributed by atoms with Gasteiger partial charge in [-0.15, -0.1) is 0 Å². The Hall–Kier alpha value is -0.810. The number of rotatable bonds is 2. The molecule has 2 N–H and O–H groups in total. The smallest absolute Gasteiger partial charge is 0.295 e. The first-order valence-electron chi connectivity index (χ1n) is 5.75. The van der Waals surface area contributed by atoms with E-state index >= 15 is 0 Å². The normalized spacial score (nSPS) is 17.0. The number of halogens is 2. The van der Waals surface area contributed by atoms with Gasteiger partial charge in [0, 0.05) is 23.7 Å². The van der Waals surface area contributed by atoms with Crippen molar-refractivity contribution in [3.63, 3.8) is 0 Å². The van der Waals surface area contributed by atoms with Crippen molar-refractivity contribution in [3.8, 4) is 0 Å². The highest BCUT2D eigenvalue weighted by atomic mass is 35.5. The van der Waals surface area contributed by atoms with Crippen LogP contribution < -0.4 is 22.8 Å². The van der Waals surface area contributed by atoms with Crippen molar-refractivity contribution >= 4 is 17.5 Å². The van der Waals surface area contributed by atoms with Crippen molar-refractivity contribution in [2.75, 3.05) is 33.2 Å². The molecule has 0 radical (unpaired) electrons. The van der Waals surface area contributed by atoms with Gasteiger partial charge in [-0.3, -0.25) is 9.69 Å². The fourth-order valence-corrected chi connectivity index (χ4v) is 2.07. The van der Waals surface area contributed by atoms with Crippen LogP contribution in [-0.2, 0) is 0 Å². The van der Waals surface area contributed by atoms with E-state index in [0.29, 0.717) is 10.6 Å². The van der Waals surface area contributed by atoms with Crippen molar-refractivity contribution < 1.29 is 22.2 Å². The number of benzene rings is 1. The summed E-state index contributed by atoms with van der Waals surface area (Å²) in [7, 11) is 2.09. The zero-order valence-corrected chi connectivity index (χ0v) is 11.8. The quantitative estimate of drug-likeness (QED) is 0.603. The molecule has 0 atom stereocenters. The SMILES string of the molecule is CN1CC[NH+](NC(=O)c2cccc(Cl)c2)CC1.[Cl-]. The van der Waals surface area contributed by atoms with Gasteiger partial charge in [0.2, 0.25) is 0 Å². The van der Waals surface area contributed by atoms with Gasteiger partial charge in [0.25, 0.3) is 5.91 Å². The third-order valence-electron chi connectivity index (χ3n) is 2.97. The van der Waals surface area contributed by atoms with Gasteiger partial charge < -0.3 is 12.4 Å². The Kier molecular flexibility index (Phi) is 5.88. The summed E-state index contributed by atoms with van der Waals surface area (Å²) >= 11 is 5.86.